The number of methoxy groups -OCH3 is 1. The minimum atomic E-state index is -0.434. The Hall–Kier alpha value is -2.59. The SMILES string of the molecule is COC(=O)COc1c(C)cc(C=CC(=O)c2ccc(Cl)cc2)cc1C. The van der Waals surface area contributed by atoms with Gasteiger partial charge in [0.2, 0.25) is 0 Å². The summed E-state index contributed by atoms with van der Waals surface area (Å²) in [5.74, 6) is 0.112. The molecule has 2 rings (SSSR count). The maximum absolute atomic E-state index is 12.2. The van der Waals surface area contributed by atoms with E-state index in [0.717, 1.165) is 16.7 Å². The van der Waals surface area contributed by atoms with Gasteiger partial charge in [-0.3, -0.25) is 4.79 Å². The molecule has 0 fully saturated rings. The van der Waals surface area contributed by atoms with Crippen LogP contribution in [0.25, 0.3) is 6.08 Å². The van der Waals surface area contributed by atoms with E-state index < -0.39 is 5.97 Å². The van der Waals surface area contributed by atoms with E-state index in [2.05, 4.69) is 4.74 Å². The molecule has 0 bridgehead atoms. The molecule has 0 N–H and O–H groups in total. The zero-order valence-electron chi connectivity index (χ0n) is 14.3. The summed E-state index contributed by atoms with van der Waals surface area (Å²) in [6.07, 6.45) is 3.27. The molecule has 0 amide bonds. The van der Waals surface area contributed by atoms with Crippen molar-refractivity contribution in [2.75, 3.05) is 13.7 Å². The van der Waals surface area contributed by atoms with Gasteiger partial charge in [0, 0.05) is 10.6 Å². The van der Waals surface area contributed by atoms with Crippen molar-refractivity contribution in [1.29, 1.82) is 0 Å². The maximum atomic E-state index is 12.2. The Morgan fingerprint density at radius 2 is 1.68 bits per heavy atom. The highest BCUT2D eigenvalue weighted by Gasteiger charge is 2.09. The van der Waals surface area contributed by atoms with Crippen LogP contribution in [0.5, 0.6) is 5.75 Å². The molecular formula is C20H19ClO4. The van der Waals surface area contributed by atoms with Crippen LogP contribution in [0.2, 0.25) is 5.02 Å². The molecule has 0 aliphatic rings. The molecule has 0 aliphatic heterocycles. The second-order valence-corrected chi connectivity index (χ2v) is 5.99. The van der Waals surface area contributed by atoms with Crippen LogP contribution in [0.3, 0.4) is 0 Å². The van der Waals surface area contributed by atoms with Gasteiger partial charge in [0.05, 0.1) is 7.11 Å². The zero-order valence-corrected chi connectivity index (χ0v) is 15.1. The van der Waals surface area contributed by atoms with Crippen molar-refractivity contribution in [1.82, 2.24) is 0 Å². The molecule has 5 heteroatoms. The fourth-order valence-corrected chi connectivity index (χ4v) is 2.51. The number of hydrogen-bond donors (Lipinski definition) is 0. The van der Waals surface area contributed by atoms with Gasteiger partial charge < -0.3 is 9.47 Å². The van der Waals surface area contributed by atoms with E-state index in [4.69, 9.17) is 16.3 Å². The number of ether oxygens (including phenoxy) is 2. The number of esters is 1. The summed E-state index contributed by atoms with van der Waals surface area (Å²) in [5, 5.41) is 0.592. The molecule has 0 atom stereocenters. The van der Waals surface area contributed by atoms with E-state index in [1.54, 1.807) is 30.3 Å². The van der Waals surface area contributed by atoms with Gasteiger partial charge in [-0.15, -0.1) is 0 Å². The lowest BCUT2D eigenvalue weighted by atomic mass is 10.0. The smallest absolute Gasteiger partial charge is 0.343 e. The van der Waals surface area contributed by atoms with Gasteiger partial charge in [0.25, 0.3) is 0 Å². The summed E-state index contributed by atoms with van der Waals surface area (Å²) in [6, 6.07) is 10.5. The molecule has 2 aromatic carbocycles. The highest BCUT2D eigenvalue weighted by molar-refractivity contribution is 6.30. The Morgan fingerprint density at radius 3 is 2.24 bits per heavy atom. The van der Waals surface area contributed by atoms with Crippen LogP contribution < -0.4 is 4.74 Å². The molecule has 0 radical (unpaired) electrons. The van der Waals surface area contributed by atoms with Crippen molar-refractivity contribution in [2.45, 2.75) is 13.8 Å². The number of allylic oxidation sites excluding steroid dienone is 1. The van der Waals surface area contributed by atoms with Gasteiger partial charge >= 0.3 is 5.97 Å². The van der Waals surface area contributed by atoms with Crippen LogP contribution in [-0.2, 0) is 9.53 Å². The molecule has 0 saturated heterocycles. The molecule has 0 saturated carbocycles. The first-order valence-corrected chi connectivity index (χ1v) is 8.07. The Morgan fingerprint density at radius 1 is 1.08 bits per heavy atom. The third-order valence-corrected chi connectivity index (χ3v) is 3.85. The van der Waals surface area contributed by atoms with E-state index in [1.807, 2.05) is 26.0 Å². The lowest BCUT2D eigenvalue weighted by Gasteiger charge is -2.12. The van der Waals surface area contributed by atoms with Crippen LogP contribution >= 0.6 is 11.6 Å². The van der Waals surface area contributed by atoms with Crippen molar-refractivity contribution < 1.29 is 19.1 Å². The third kappa shape index (κ3) is 5.19. The van der Waals surface area contributed by atoms with Crippen molar-refractivity contribution in [3.05, 3.63) is 69.8 Å². The Bertz CT molecular complexity index is 784. The zero-order chi connectivity index (χ0) is 18.4. The number of benzene rings is 2. The fourth-order valence-electron chi connectivity index (χ4n) is 2.38. The number of aryl methyl sites for hydroxylation is 2. The van der Waals surface area contributed by atoms with E-state index in [0.29, 0.717) is 16.3 Å². The Balaban J connectivity index is 2.13. The molecular weight excluding hydrogens is 340 g/mol. The van der Waals surface area contributed by atoms with Crippen LogP contribution in [0.1, 0.15) is 27.0 Å². The summed E-state index contributed by atoms with van der Waals surface area (Å²) < 4.78 is 10.1. The maximum Gasteiger partial charge on any atom is 0.343 e. The predicted molar refractivity (Wildman–Crippen MR) is 98.2 cm³/mol. The van der Waals surface area contributed by atoms with Crippen molar-refractivity contribution in [3.8, 4) is 5.75 Å². The van der Waals surface area contributed by atoms with Crippen molar-refractivity contribution in [2.24, 2.45) is 0 Å². The molecule has 0 heterocycles. The summed E-state index contributed by atoms with van der Waals surface area (Å²) in [5.41, 5.74) is 3.21. The van der Waals surface area contributed by atoms with Gasteiger partial charge in [-0.2, -0.15) is 0 Å². The summed E-state index contributed by atoms with van der Waals surface area (Å²) in [4.78, 5) is 23.4. The number of ketones is 1. The normalized spacial score (nSPS) is 10.7. The molecule has 2 aromatic rings. The van der Waals surface area contributed by atoms with E-state index in [-0.39, 0.29) is 12.4 Å². The largest absolute Gasteiger partial charge is 0.481 e. The summed E-state index contributed by atoms with van der Waals surface area (Å²) in [6.45, 7) is 3.64. The minimum absolute atomic E-state index is 0.0991. The van der Waals surface area contributed by atoms with Gasteiger partial charge in [0.1, 0.15) is 5.75 Å². The molecule has 25 heavy (non-hydrogen) atoms. The Labute approximate surface area is 152 Å². The lowest BCUT2D eigenvalue weighted by Crippen LogP contribution is -2.13. The van der Waals surface area contributed by atoms with Crippen LogP contribution in [0.4, 0.5) is 0 Å². The second-order valence-electron chi connectivity index (χ2n) is 5.55. The monoisotopic (exact) mass is 358 g/mol. The predicted octanol–water partition coefficient (Wildman–Crippen LogP) is 4.40. The van der Waals surface area contributed by atoms with Crippen LogP contribution in [0, 0.1) is 13.8 Å². The molecule has 0 aliphatic carbocycles. The van der Waals surface area contributed by atoms with E-state index in [1.165, 1.54) is 13.2 Å². The average Bonchev–Trinajstić information content (AvgIpc) is 2.59. The highest BCUT2D eigenvalue weighted by Crippen LogP contribution is 2.25. The molecule has 0 unspecified atom stereocenters. The first-order valence-electron chi connectivity index (χ1n) is 7.69. The number of carbonyl (C=O) groups is 2. The van der Waals surface area contributed by atoms with Crippen LogP contribution in [-0.4, -0.2) is 25.5 Å². The van der Waals surface area contributed by atoms with Gasteiger partial charge in [0.15, 0.2) is 12.4 Å². The first kappa shape index (κ1) is 18.7. The number of carbonyl (C=O) groups excluding carboxylic acids is 2. The van der Waals surface area contributed by atoms with E-state index in [9.17, 15) is 9.59 Å². The highest BCUT2D eigenvalue weighted by atomic mass is 35.5. The van der Waals surface area contributed by atoms with Gasteiger partial charge in [-0.1, -0.05) is 17.7 Å². The number of halogens is 1. The van der Waals surface area contributed by atoms with Crippen molar-refractivity contribution >= 4 is 29.4 Å². The van der Waals surface area contributed by atoms with E-state index >= 15 is 0 Å². The van der Waals surface area contributed by atoms with Crippen LogP contribution in [0.15, 0.2) is 42.5 Å². The molecule has 130 valence electrons. The summed E-state index contributed by atoms with van der Waals surface area (Å²) in [7, 11) is 1.32. The van der Waals surface area contributed by atoms with Crippen molar-refractivity contribution in [3.63, 3.8) is 0 Å². The minimum Gasteiger partial charge on any atom is -0.481 e. The lowest BCUT2D eigenvalue weighted by molar-refractivity contribution is -0.142. The second kappa shape index (κ2) is 8.49. The molecule has 0 spiro atoms. The van der Waals surface area contributed by atoms with Gasteiger partial charge in [-0.05, 0) is 73.0 Å². The first-order chi connectivity index (χ1) is 11.9. The Kier molecular flexibility index (Phi) is 6.37. The topological polar surface area (TPSA) is 52.6 Å². The quantitative estimate of drug-likeness (QED) is 0.436. The standard InChI is InChI=1S/C20H19ClO4/c1-13-10-15(11-14(2)20(13)25-12-19(23)24-3)4-9-18(22)16-5-7-17(21)8-6-16/h4-11H,12H2,1-3H3. The molecule has 0 aromatic heterocycles. The van der Waals surface area contributed by atoms with Gasteiger partial charge in [-0.25, -0.2) is 4.79 Å². The number of hydrogen-bond acceptors (Lipinski definition) is 4. The number of rotatable bonds is 6. The molecule has 4 nitrogen and oxygen atoms in total. The third-order valence-electron chi connectivity index (χ3n) is 3.60. The average molecular weight is 359 g/mol. The summed E-state index contributed by atoms with van der Waals surface area (Å²) >= 11 is 5.82. The fraction of sp³-hybridized carbons (Fsp3) is 0.200.